The molecule has 0 saturated carbocycles. The third-order valence-electron chi connectivity index (χ3n) is 3.40. The van der Waals surface area contributed by atoms with Crippen LogP contribution < -0.4 is 0 Å². The second-order valence-corrected chi connectivity index (χ2v) is 6.02. The fraction of sp³-hybridized carbons (Fsp3) is 0.111. The number of carbonyl (C=O) groups excluding carboxylic acids is 1. The molecular weight excluding hydrogens is 356 g/mol. The summed E-state index contributed by atoms with van der Waals surface area (Å²) in [5.74, 6) is 0.706. The Bertz CT molecular complexity index is 755. The van der Waals surface area contributed by atoms with E-state index >= 15 is 0 Å². The first-order chi connectivity index (χ1) is 11.2. The number of pyridine rings is 1. The predicted octanol–water partition coefficient (Wildman–Crippen LogP) is 4.28. The smallest absolute Gasteiger partial charge is 0.254 e. The summed E-state index contributed by atoms with van der Waals surface area (Å²) in [5, 5.41) is 0. The summed E-state index contributed by atoms with van der Waals surface area (Å²) in [6, 6.07) is 14.9. The van der Waals surface area contributed by atoms with Crippen LogP contribution in [0.4, 0.5) is 0 Å². The molecule has 0 atom stereocenters. The maximum atomic E-state index is 12.8. The molecular formula is C18H15BrN2O2. The first-order valence-corrected chi connectivity index (χ1v) is 7.98. The van der Waals surface area contributed by atoms with E-state index in [0.29, 0.717) is 18.7 Å². The Balaban J connectivity index is 1.84. The number of rotatable bonds is 5. The minimum Gasteiger partial charge on any atom is -0.467 e. The first kappa shape index (κ1) is 15.5. The second-order valence-electron chi connectivity index (χ2n) is 5.11. The summed E-state index contributed by atoms with van der Waals surface area (Å²) in [6.45, 7) is 0.889. The molecule has 5 heteroatoms. The van der Waals surface area contributed by atoms with Crippen molar-refractivity contribution in [3.8, 4) is 0 Å². The summed E-state index contributed by atoms with van der Waals surface area (Å²) in [4.78, 5) is 18.7. The second kappa shape index (κ2) is 7.24. The van der Waals surface area contributed by atoms with Crippen LogP contribution in [0.25, 0.3) is 0 Å². The van der Waals surface area contributed by atoms with Gasteiger partial charge in [-0.05, 0) is 48.0 Å². The minimum atomic E-state index is -0.0437. The van der Waals surface area contributed by atoms with Gasteiger partial charge in [-0.2, -0.15) is 0 Å². The van der Waals surface area contributed by atoms with Gasteiger partial charge in [0.1, 0.15) is 5.76 Å². The van der Waals surface area contributed by atoms with E-state index in [0.717, 1.165) is 15.8 Å². The standard InChI is InChI=1S/C18H15BrN2O2/c19-16-7-5-15(6-8-16)18(22)21(13-17-4-2-10-23-17)12-14-3-1-9-20-11-14/h1-11H,12-13H2. The van der Waals surface area contributed by atoms with Crippen molar-refractivity contribution in [2.24, 2.45) is 0 Å². The van der Waals surface area contributed by atoms with E-state index in [4.69, 9.17) is 4.42 Å². The zero-order valence-electron chi connectivity index (χ0n) is 12.4. The SMILES string of the molecule is O=C(c1ccc(Br)cc1)N(Cc1cccnc1)Cc1ccco1. The third-order valence-corrected chi connectivity index (χ3v) is 3.93. The van der Waals surface area contributed by atoms with Gasteiger partial charge < -0.3 is 9.32 Å². The zero-order valence-corrected chi connectivity index (χ0v) is 13.9. The van der Waals surface area contributed by atoms with Gasteiger partial charge in [0, 0.05) is 29.0 Å². The number of carbonyl (C=O) groups is 1. The van der Waals surface area contributed by atoms with Gasteiger partial charge in [0.15, 0.2) is 0 Å². The molecule has 116 valence electrons. The van der Waals surface area contributed by atoms with E-state index in [1.807, 2.05) is 48.5 Å². The van der Waals surface area contributed by atoms with Crippen LogP contribution >= 0.6 is 15.9 Å². The monoisotopic (exact) mass is 370 g/mol. The lowest BCUT2D eigenvalue weighted by atomic mass is 10.1. The van der Waals surface area contributed by atoms with Crippen LogP contribution in [-0.2, 0) is 13.1 Å². The van der Waals surface area contributed by atoms with Crippen molar-refractivity contribution in [2.45, 2.75) is 13.1 Å². The molecule has 0 N–H and O–H groups in total. The highest BCUT2D eigenvalue weighted by atomic mass is 79.9. The Kier molecular flexibility index (Phi) is 4.88. The molecule has 0 aliphatic rings. The molecule has 1 aromatic carbocycles. The molecule has 0 radical (unpaired) electrons. The Hall–Kier alpha value is -2.40. The Morgan fingerprint density at radius 2 is 1.91 bits per heavy atom. The Labute approximate surface area is 142 Å². The average molecular weight is 371 g/mol. The number of benzene rings is 1. The molecule has 0 aliphatic heterocycles. The van der Waals surface area contributed by atoms with E-state index in [-0.39, 0.29) is 5.91 Å². The van der Waals surface area contributed by atoms with Gasteiger partial charge in [-0.3, -0.25) is 9.78 Å². The van der Waals surface area contributed by atoms with Gasteiger partial charge in [-0.1, -0.05) is 22.0 Å². The van der Waals surface area contributed by atoms with E-state index in [2.05, 4.69) is 20.9 Å². The highest BCUT2D eigenvalue weighted by Gasteiger charge is 2.18. The van der Waals surface area contributed by atoms with Crippen molar-refractivity contribution >= 4 is 21.8 Å². The van der Waals surface area contributed by atoms with Crippen molar-refractivity contribution in [1.82, 2.24) is 9.88 Å². The number of amides is 1. The van der Waals surface area contributed by atoms with Gasteiger partial charge >= 0.3 is 0 Å². The maximum absolute atomic E-state index is 12.8. The quantitative estimate of drug-likeness (QED) is 0.673. The van der Waals surface area contributed by atoms with Crippen LogP contribution in [-0.4, -0.2) is 15.8 Å². The molecule has 2 heterocycles. The minimum absolute atomic E-state index is 0.0437. The van der Waals surface area contributed by atoms with E-state index < -0.39 is 0 Å². The van der Waals surface area contributed by atoms with Gasteiger partial charge in [-0.25, -0.2) is 0 Å². The number of halogens is 1. The van der Waals surface area contributed by atoms with E-state index in [9.17, 15) is 4.79 Å². The highest BCUT2D eigenvalue weighted by Crippen LogP contribution is 2.16. The van der Waals surface area contributed by atoms with Gasteiger partial charge in [0.25, 0.3) is 5.91 Å². The molecule has 0 spiro atoms. The van der Waals surface area contributed by atoms with Gasteiger partial charge in [0.05, 0.1) is 12.8 Å². The van der Waals surface area contributed by atoms with Crippen molar-refractivity contribution in [2.75, 3.05) is 0 Å². The van der Waals surface area contributed by atoms with Crippen molar-refractivity contribution in [1.29, 1.82) is 0 Å². The fourth-order valence-corrected chi connectivity index (χ4v) is 2.54. The normalized spacial score (nSPS) is 10.5. The lowest BCUT2D eigenvalue weighted by Crippen LogP contribution is -2.30. The topological polar surface area (TPSA) is 46.3 Å². The van der Waals surface area contributed by atoms with Crippen LogP contribution in [0.15, 0.2) is 76.1 Å². The van der Waals surface area contributed by atoms with E-state index in [1.165, 1.54) is 0 Å². The molecule has 0 saturated heterocycles. The molecule has 0 fully saturated rings. The lowest BCUT2D eigenvalue weighted by Gasteiger charge is -2.22. The number of hydrogen-bond donors (Lipinski definition) is 0. The molecule has 4 nitrogen and oxygen atoms in total. The van der Waals surface area contributed by atoms with Crippen LogP contribution in [0.2, 0.25) is 0 Å². The number of furan rings is 1. The Morgan fingerprint density at radius 3 is 2.57 bits per heavy atom. The molecule has 0 aliphatic carbocycles. The number of nitrogens with zero attached hydrogens (tertiary/aromatic N) is 2. The Morgan fingerprint density at radius 1 is 1.09 bits per heavy atom. The molecule has 2 aromatic heterocycles. The summed E-state index contributed by atoms with van der Waals surface area (Å²) in [5.41, 5.74) is 1.62. The molecule has 3 aromatic rings. The van der Waals surface area contributed by atoms with Crippen LogP contribution in [0, 0.1) is 0 Å². The van der Waals surface area contributed by atoms with Crippen molar-refractivity contribution in [3.63, 3.8) is 0 Å². The molecule has 23 heavy (non-hydrogen) atoms. The van der Waals surface area contributed by atoms with Crippen LogP contribution in [0.3, 0.4) is 0 Å². The van der Waals surface area contributed by atoms with Gasteiger partial charge in [0.2, 0.25) is 0 Å². The van der Waals surface area contributed by atoms with Crippen molar-refractivity contribution in [3.05, 3.63) is 88.5 Å². The predicted molar refractivity (Wildman–Crippen MR) is 90.7 cm³/mol. The maximum Gasteiger partial charge on any atom is 0.254 e. The fourth-order valence-electron chi connectivity index (χ4n) is 2.28. The zero-order chi connectivity index (χ0) is 16.1. The number of aromatic nitrogens is 1. The molecule has 3 rings (SSSR count). The highest BCUT2D eigenvalue weighted by molar-refractivity contribution is 9.10. The molecule has 0 unspecified atom stereocenters. The summed E-state index contributed by atoms with van der Waals surface area (Å²) >= 11 is 3.39. The van der Waals surface area contributed by atoms with Crippen LogP contribution in [0.1, 0.15) is 21.7 Å². The van der Waals surface area contributed by atoms with Crippen molar-refractivity contribution < 1.29 is 9.21 Å². The molecule has 0 bridgehead atoms. The lowest BCUT2D eigenvalue weighted by molar-refractivity contribution is 0.0717. The van der Waals surface area contributed by atoms with E-state index in [1.54, 1.807) is 23.6 Å². The summed E-state index contributed by atoms with van der Waals surface area (Å²) < 4.78 is 6.33. The molecule has 1 amide bonds. The average Bonchev–Trinajstić information content (AvgIpc) is 3.08. The largest absolute Gasteiger partial charge is 0.467 e. The summed E-state index contributed by atoms with van der Waals surface area (Å²) in [7, 11) is 0. The number of hydrogen-bond acceptors (Lipinski definition) is 3. The van der Waals surface area contributed by atoms with Crippen LogP contribution in [0.5, 0.6) is 0 Å². The third kappa shape index (κ3) is 4.07. The first-order valence-electron chi connectivity index (χ1n) is 7.18. The van der Waals surface area contributed by atoms with Gasteiger partial charge in [-0.15, -0.1) is 0 Å². The summed E-state index contributed by atoms with van der Waals surface area (Å²) in [6.07, 6.45) is 5.10.